The van der Waals surface area contributed by atoms with Gasteiger partial charge >= 0.3 is 5.97 Å². The molecule has 1 aromatic heterocycles. The number of rotatable bonds is 5. The van der Waals surface area contributed by atoms with E-state index in [1.807, 2.05) is 0 Å². The molecule has 6 heteroatoms. The van der Waals surface area contributed by atoms with Crippen molar-refractivity contribution < 1.29 is 23.8 Å². The van der Waals surface area contributed by atoms with Gasteiger partial charge < -0.3 is 14.6 Å². The molecule has 0 fully saturated rings. The number of carboxylic acid groups (broad SMARTS) is 1. The number of benzene rings is 1. The summed E-state index contributed by atoms with van der Waals surface area (Å²) in [5.41, 5.74) is 0.380. The molecule has 20 heavy (non-hydrogen) atoms. The maximum Gasteiger partial charge on any atom is 0.358 e. The van der Waals surface area contributed by atoms with Gasteiger partial charge in [0.05, 0.1) is 7.11 Å². The zero-order valence-electron chi connectivity index (χ0n) is 10.7. The molecule has 0 saturated heterocycles. The molecule has 2 aromatic rings. The second kappa shape index (κ2) is 6.01. The van der Waals surface area contributed by atoms with Crippen LogP contribution in [0.15, 0.2) is 36.5 Å². The zero-order valence-corrected chi connectivity index (χ0v) is 10.7. The quantitative estimate of drug-likeness (QED) is 0.909. The molecule has 0 atom stereocenters. The number of carboxylic acids is 1. The number of nitrogens with zero attached hydrogens (tertiary/aromatic N) is 1. The molecule has 0 amide bonds. The fraction of sp³-hybridized carbons (Fsp3) is 0.143. The first kappa shape index (κ1) is 13.8. The first-order valence-corrected chi connectivity index (χ1v) is 5.75. The molecule has 0 aliphatic heterocycles. The van der Waals surface area contributed by atoms with Gasteiger partial charge in [-0.2, -0.15) is 0 Å². The number of hydrogen-bond acceptors (Lipinski definition) is 4. The van der Waals surface area contributed by atoms with Gasteiger partial charge in [0.1, 0.15) is 6.61 Å². The number of pyridine rings is 1. The molecule has 0 aliphatic rings. The van der Waals surface area contributed by atoms with Crippen molar-refractivity contribution in [2.75, 3.05) is 7.11 Å². The van der Waals surface area contributed by atoms with Crippen LogP contribution < -0.4 is 9.47 Å². The van der Waals surface area contributed by atoms with E-state index in [2.05, 4.69) is 4.98 Å². The highest BCUT2D eigenvalue weighted by atomic mass is 19.1. The van der Waals surface area contributed by atoms with Crippen molar-refractivity contribution in [2.24, 2.45) is 0 Å². The van der Waals surface area contributed by atoms with Gasteiger partial charge in [-0.3, -0.25) is 0 Å². The first-order chi connectivity index (χ1) is 9.61. The highest BCUT2D eigenvalue weighted by molar-refractivity contribution is 5.88. The van der Waals surface area contributed by atoms with Crippen molar-refractivity contribution in [3.63, 3.8) is 0 Å². The van der Waals surface area contributed by atoms with Crippen LogP contribution in [0.4, 0.5) is 4.39 Å². The Hall–Kier alpha value is -2.63. The number of aromatic nitrogens is 1. The Morgan fingerprint density at radius 2 is 2.15 bits per heavy atom. The van der Waals surface area contributed by atoms with E-state index in [0.29, 0.717) is 5.56 Å². The summed E-state index contributed by atoms with van der Waals surface area (Å²) in [5, 5.41) is 8.96. The van der Waals surface area contributed by atoms with Crippen molar-refractivity contribution in [1.29, 1.82) is 0 Å². The van der Waals surface area contributed by atoms with E-state index in [1.54, 1.807) is 12.1 Å². The zero-order chi connectivity index (χ0) is 14.5. The molecule has 1 heterocycles. The summed E-state index contributed by atoms with van der Waals surface area (Å²) in [6, 6.07) is 7.45. The monoisotopic (exact) mass is 277 g/mol. The Bertz CT molecular complexity index is 630. The van der Waals surface area contributed by atoms with Gasteiger partial charge in [0.15, 0.2) is 23.0 Å². The molecule has 5 nitrogen and oxygen atoms in total. The van der Waals surface area contributed by atoms with E-state index in [4.69, 9.17) is 14.6 Å². The molecule has 2 rings (SSSR count). The lowest BCUT2D eigenvalue weighted by Gasteiger charge is -2.09. The van der Waals surface area contributed by atoms with Gasteiger partial charge in [-0.15, -0.1) is 0 Å². The third kappa shape index (κ3) is 3.03. The van der Waals surface area contributed by atoms with Crippen LogP contribution in [0.1, 0.15) is 16.1 Å². The molecule has 0 spiro atoms. The maximum atomic E-state index is 13.5. The number of aromatic carboxylic acids is 1. The SMILES string of the molecule is COc1ccc(COc2cccnc2C(=O)O)cc1F. The minimum Gasteiger partial charge on any atom is -0.494 e. The minimum absolute atomic E-state index is 0.0346. The van der Waals surface area contributed by atoms with E-state index >= 15 is 0 Å². The predicted molar refractivity (Wildman–Crippen MR) is 68.5 cm³/mol. The first-order valence-electron chi connectivity index (χ1n) is 5.75. The van der Waals surface area contributed by atoms with Crippen molar-refractivity contribution >= 4 is 5.97 Å². The molecular formula is C14H12FNO4. The summed E-state index contributed by atoms with van der Waals surface area (Å²) >= 11 is 0. The number of carbonyl (C=O) groups is 1. The Morgan fingerprint density at radius 3 is 2.80 bits per heavy atom. The summed E-state index contributed by atoms with van der Waals surface area (Å²) in [7, 11) is 1.38. The number of hydrogen-bond donors (Lipinski definition) is 1. The fourth-order valence-corrected chi connectivity index (χ4v) is 1.63. The van der Waals surface area contributed by atoms with Crippen LogP contribution in [0.5, 0.6) is 11.5 Å². The highest BCUT2D eigenvalue weighted by Crippen LogP contribution is 2.20. The Morgan fingerprint density at radius 1 is 1.35 bits per heavy atom. The largest absolute Gasteiger partial charge is 0.494 e. The van der Waals surface area contributed by atoms with Crippen molar-refractivity contribution in [1.82, 2.24) is 4.98 Å². The molecule has 0 saturated carbocycles. The molecule has 0 unspecified atom stereocenters. The summed E-state index contributed by atoms with van der Waals surface area (Å²) in [5.74, 6) is -1.41. The summed E-state index contributed by atoms with van der Waals surface area (Å²) in [6.45, 7) is 0.0346. The second-order valence-electron chi connectivity index (χ2n) is 3.91. The summed E-state index contributed by atoms with van der Waals surface area (Å²) < 4.78 is 23.7. The molecule has 1 aromatic carbocycles. The summed E-state index contributed by atoms with van der Waals surface area (Å²) in [4.78, 5) is 14.7. The van der Waals surface area contributed by atoms with Crippen LogP contribution in [-0.4, -0.2) is 23.2 Å². The van der Waals surface area contributed by atoms with Gasteiger partial charge in [-0.1, -0.05) is 6.07 Å². The minimum atomic E-state index is -1.18. The third-order valence-electron chi connectivity index (χ3n) is 2.58. The number of ether oxygens (including phenoxy) is 2. The topological polar surface area (TPSA) is 68.7 Å². The van der Waals surface area contributed by atoms with Gasteiger partial charge in [0.25, 0.3) is 0 Å². The van der Waals surface area contributed by atoms with Gasteiger partial charge in [-0.05, 0) is 29.8 Å². The smallest absolute Gasteiger partial charge is 0.358 e. The summed E-state index contributed by atoms with van der Waals surface area (Å²) in [6.07, 6.45) is 1.36. The average molecular weight is 277 g/mol. The molecule has 0 radical (unpaired) electrons. The lowest BCUT2D eigenvalue weighted by atomic mass is 10.2. The molecule has 0 aliphatic carbocycles. The van der Waals surface area contributed by atoms with Gasteiger partial charge in [0, 0.05) is 6.20 Å². The number of halogens is 1. The normalized spacial score (nSPS) is 10.1. The van der Waals surface area contributed by atoms with Crippen LogP contribution in [0, 0.1) is 5.82 Å². The van der Waals surface area contributed by atoms with E-state index in [9.17, 15) is 9.18 Å². The van der Waals surface area contributed by atoms with E-state index < -0.39 is 11.8 Å². The van der Waals surface area contributed by atoms with E-state index in [1.165, 1.54) is 31.5 Å². The van der Waals surface area contributed by atoms with E-state index in [-0.39, 0.29) is 23.8 Å². The molecule has 1 N–H and O–H groups in total. The van der Waals surface area contributed by atoms with Crippen LogP contribution in [-0.2, 0) is 6.61 Å². The standard InChI is InChI=1S/C14H12FNO4/c1-19-11-5-4-9(7-10(11)15)8-20-12-3-2-6-16-13(12)14(17)18/h2-7H,8H2,1H3,(H,17,18). The lowest BCUT2D eigenvalue weighted by Crippen LogP contribution is -2.05. The Labute approximate surface area is 114 Å². The lowest BCUT2D eigenvalue weighted by molar-refractivity contribution is 0.0685. The fourth-order valence-electron chi connectivity index (χ4n) is 1.63. The van der Waals surface area contributed by atoms with Crippen molar-refractivity contribution in [3.8, 4) is 11.5 Å². The molecule has 104 valence electrons. The molecular weight excluding hydrogens is 265 g/mol. The Kier molecular flexibility index (Phi) is 4.14. The third-order valence-corrected chi connectivity index (χ3v) is 2.58. The van der Waals surface area contributed by atoms with E-state index in [0.717, 1.165) is 0 Å². The number of methoxy groups -OCH3 is 1. The van der Waals surface area contributed by atoms with Crippen LogP contribution in [0.25, 0.3) is 0 Å². The van der Waals surface area contributed by atoms with Crippen LogP contribution >= 0.6 is 0 Å². The van der Waals surface area contributed by atoms with Gasteiger partial charge in [0.2, 0.25) is 0 Å². The van der Waals surface area contributed by atoms with Crippen molar-refractivity contribution in [3.05, 3.63) is 53.6 Å². The molecule has 0 bridgehead atoms. The average Bonchev–Trinajstić information content (AvgIpc) is 2.45. The Balaban J connectivity index is 2.13. The van der Waals surface area contributed by atoms with Crippen molar-refractivity contribution in [2.45, 2.75) is 6.61 Å². The maximum absolute atomic E-state index is 13.5. The van der Waals surface area contributed by atoms with Gasteiger partial charge in [-0.25, -0.2) is 14.2 Å². The van der Waals surface area contributed by atoms with Crippen LogP contribution in [0.2, 0.25) is 0 Å². The predicted octanol–water partition coefficient (Wildman–Crippen LogP) is 2.51. The van der Waals surface area contributed by atoms with Crippen LogP contribution in [0.3, 0.4) is 0 Å². The second-order valence-corrected chi connectivity index (χ2v) is 3.91. The highest BCUT2D eigenvalue weighted by Gasteiger charge is 2.12.